The molecule has 0 unspecified atom stereocenters. The lowest BCUT2D eigenvalue weighted by Gasteiger charge is -2.33. The van der Waals surface area contributed by atoms with E-state index in [1.54, 1.807) is 23.4 Å². The lowest BCUT2D eigenvalue weighted by molar-refractivity contribution is 0.181. The molecule has 1 fully saturated rings. The zero-order valence-corrected chi connectivity index (χ0v) is 19.6. The van der Waals surface area contributed by atoms with Gasteiger partial charge in [0.2, 0.25) is 15.0 Å². The number of aromatic nitrogens is 3. The molecule has 0 bridgehead atoms. The first kappa shape index (κ1) is 22.1. The summed E-state index contributed by atoms with van der Waals surface area (Å²) in [5, 5.41) is 5.18. The quantitative estimate of drug-likeness (QED) is 0.560. The predicted octanol–water partition coefficient (Wildman–Crippen LogP) is 2.48. The first-order chi connectivity index (χ1) is 14.8. The average molecular weight is 462 g/mol. The fraction of sp³-hybridized carbons (Fsp3) is 0.476. The maximum atomic E-state index is 13.0. The number of aryl methyl sites for hydroxylation is 1. The van der Waals surface area contributed by atoms with E-state index in [0.29, 0.717) is 54.2 Å². The molecular formula is C21H27N5O3S2. The van der Waals surface area contributed by atoms with Gasteiger partial charge in [-0.1, -0.05) is 37.3 Å². The summed E-state index contributed by atoms with van der Waals surface area (Å²) in [7, 11) is -3.50. The van der Waals surface area contributed by atoms with Crippen molar-refractivity contribution in [3.63, 3.8) is 0 Å². The molecule has 10 heteroatoms. The molecule has 0 N–H and O–H groups in total. The molecule has 3 heterocycles. The molecule has 1 saturated heterocycles. The van der Waals surface area contributed by atoms with E-state index in [-0.39, 0.29) is 5.56 Å². The summed E-state index contributed by atoms with van der Waals surface area (Å²) < 4.78 is 29.0. The second-order valence-corrected chi connectivity index (χ2v) is 11.0. The molecule has 4 rings (SSSR count). The summed E-state index contributed by atoms with van der Waals surface area (Å²) >= 11 is 1.40. The van der Waals surface area contributed by atoms with Gasteiger partial charge in [0, 0.05) is 37.9 Å². The fourth-order valence-corrected chi connectivity index (χ4v) is 6.11. The lowest BCUT2D eigenvalue weighted by Crippen LogP contribution is -2.48. The summed E-state index contributed by atoms with van der Waals surface area (Å²) in [5.74, 6) is 0.415. The first-order valence-electron chi connectivity index (χ1n) is 10.5. The van der Waals surface area contributed by atoms with Crippen LogP contribution >= 0.6 is 11.3 Å². The number of rotatable bonds is 6. The van der Waals surface area contributed by atoms with Crippen LogP contribution in [0.1, 0.15) is 42.5 Å². The lowest BCUT2D eigenvalue weighted by atomic mass is 9.99. The van der Waals surface area contributed by atoms with Gasteiger partial charge in [-0.3, -0.25) is 9.69 Å². The monoisotopic (exact) mass is 461 g/mol. The molecule has 0 spiro atoms. The van der Waals surface area contributed by atoms with Crippen LogP contribution in [0.3, 0.4) is 0 Å². The molecule has 1 aromatic carbocycles. The Morgan fingerprint density at radius 1 is 1.13 bits per heavy atom. The van der Waals surface area contributed by atoms with E-state index >= 15 is 0 Å². The van der Waals surface area contributed by atoms with E-state index in [1.165, 1.54) is 21.9 Å². The zero-order chi connectivity index (χ0) is 22.2. The Balaban J connectivity index is 1.41. The highest BCUT2D eigenvalue weighted by Gasteiger charge is 2.29. The van der Waals surface area contributed by atoms with Gasteiger partial charge in [-0.15, -0.1) is 0 Å². The second-order valence-electron chi connectivity index (χ2n) is 7.98. The van der Waals surface area contributed by atoms with Crippen molar-refractivity contribution in [1.82, 2.24) is 23.8 Å². The van der Waals surface area contributed by atoms with Gasteiger partial charge in [-0.05, 0) is 37.0 Å². The van der Waals surface area contributed by atoms with Gasteiger partial charge in [0.15, 0.2) is 0 Å². The minimum atomic E-state index is -3.50. The van der Waals surface area contributed by atoms with Crippen molar-refractivity contribution >= 4 is 26.3 Å². The van der Waals surface area contributed by atoms with Gasteiger partial charge in [0.1, 0.15) is 5.01 Å². The third kappa shape index (κ3) is 4.57. The second kappa shape index (κ2) is 8.78. The minimum absolute atomic E-state index is 0.180. The van der Waals surface area contributed by atoms with Gasteiger partial charge < -0.3 is 0 Å². The van der Waals surface area contributed by atoms with Crippen molar-refractivity contribution in [2.24, 2.45) is 0 Å². The van der Waals surface area contributed by atoms with Crippen molar-refractivity contribution in [3.05, 3.63) is 57.0 Å². The summed E-state index contributed by atoms with van der Waals surface area (Å²) in [6.45, 7) is 8.71. The predicted molar refractivity (Wildman–Crippen MR) is 121 cm³/mol. The van der Waals surface area contributed by atoms with Gasteiger partial charge in [-0.25, -0.2) is 13.4 Å². The number of nitrogens with zero attached hydrogens (tertiary/aromatic N) is 5. The third-order valence-corrected chi connectivity index (χ3v) is 8.61. The molecule has 1 atom stereocenters. The van der Waals surface area contributed by atoms with Gasteiger partial charge >= 0.3 is 0 Å². The summed E-state index contributed by atoms with van der Waals surface area (Å²) in [6.07, 6.45) is 1.02. The molecule has 2 aromatic heterocycles. The minimum Gasteiger partial charge on any atom is -0.294 e. The van der Waals surface area contributed by atoms with Crippen molar-refractivity contribution in [3.8, 4) is 0 Å². The molecule has 0 amide bonds. The van der Waals surface area contributed by atoms with Crippen LogP contribution in [0.5, 0.6) is 0 Å². The Morgan fingerprint density at radius 3 is 2.45 bits per heavy atom. The average Bonchev–Trinajstić information content (AvgIpc) is 3.16. The molecule has 3 aromatic rings. The first-order valence-corrected chi connectivity index (χ1v) is 12.7. The standard InChI is InChI=1S/C21H27N5O3S2/c1-4-15(2)17-5-7-18(8-6-17)31(28,29)25-11-9-24(10-12-25)14-19-23-26-20(27)13-16(3)22-21(26)30-19/h5-8,13,15H,4,9-12,14H2,1-3H3/t15-/m0/s1. The van der Waals surface area contributed by atoms with Gasteiger partial charge in [-0.2, -0.15) is 13.9 Å². The number of hydrogen-bond acceptors (Lipinski definition) is 7. The summed E-state index contributed by atoms with van der Waals surface area (Å²) in [5.41, 5.74) is 1.65. The maximum Gasteiger partial charge on any atom is 0.275 e. The highest BCUT2D eigenvalue weighted by atomic mass is 32.2. The Morgan fingerprint density at radius 2 is 1.81 bits per heavy atom. The molecule has 1 aliphatic rings. The Kier molecular flexibility index (Phi) is 6.25. The van der Waals surface area contributed by atoms with Crippen LogP contribution in [0.15, 0.2) is 40.0 Å². The highest BCUT2D eigenvalue weighted by Crippen LogP contribution is 2.23. The highest BCUT2D eigenvalue weighted by molar-refractivity contribution is 7.89. The Bertz CT molecular complexity index is 1230. The van der Waals surface area contributed by atoms with Crippen LogP contribution in [-0.4, -0.2) is 58.4 Å². The van der Waals surface area contributed by atoms with Crippen LogP contribution < -0.4 is 5.56 Å². The van der Waals surface area contributed by atoms with Crippen LogP contribution in [0.25, 0.3) is 4.96 Å². The van der Waals surface area contributed by atoms with Crippen LogP contribution in [0.4, 0.5) is 0 Å². The van der Waals surface area contributed by atoms with Crippen molar-refractivity contribution in [2.75, 3.05) is 26.2 Å². The van der Waals surface area contributed by atoms with Crippen LogP contribution in [0, 0.1) is 6.92 Å². The molecule has 0 saturated carbocycles. The van der Waals surface area contributed by atoms with E-state index in [9.17, 15) is 13.2 Å². The zero-order valence-electron chi connectivity index (χ0n) is 18.0. The molecule has 1 aliphatic heterocycles. The molecular weight excluding hydrogens is 434 g/mol. The number of piperazine rings is 1. The number of benzene rings is 1. The Labute approximate surface area is 186 Å². The number of fused-ring (bicyclic) bond motifs is 1. The van der Waals surface area contributed by atoms with E-state index in [1.807, 2.05) is 12.1 Å². The largest absolute Gasteiger partial charge is 0.294 e. The smallest absolute Gasteiger partial charge is 0.275 e. The molecule has 166 valence electrons. The van der Waals surface area contributed by atoms with E-state index in [0.717, 1.165) is 17.0 Å². The molecule has 0 radical (unpaired) electrons. The molecule has 0 aliphatic carbocycles. The normalized spacial score (nSPS) is 17.3. The van der Waals surface area contributed by atoms with Crippen LogP contribution in [-0.2, 0) is 16.6 Å². The molecule has 8 nitrogen and oxygen atoms in total. The SMILES string of the molecule is CC[C@H](C)c1ccc(S(=O)(=O)N2CCN(Cc3nn4c(=O)cc(C)nc4s3)CC2)cc1. The van der Waals surface area contributed by atoms with Gasteiger partial charge in [0.25, 0.3) is 5.56 Å². The van der Waals surface area contributed by atoms with Crippen molar-refractivity contribution < 1.29 is 8.42 Å². The molecule has 31 heavy (non-hydrogen) atoms. The van der Waals surface area contributed by atoms with Gasteiger partial charge in [0.05, 0.1) is 11.4 Å². The Hall–Kier alpha value is -2.14. The number of hydrogen-bond donors (Lipinski definition) is 0. The van der Waals surface area contributed by atoms with E-state index in [4.69, 9.17) is 0 Å². The van der Waals surface area contributed by atoms with E-state index in [2.05, 4.69) is 28.8 Å². The topological polar surface area (TPSA) is 87.9 Å². The fourth-order valence-electron chi connectivity index (χ4n) is 3.70. The van der Waals surface area contributed by atoms with E-state index < -0.39 is 10.0 Å². The third-order valence-electron chi connectivity index (χ3n) is 5.80. The summed E-state index contributed by atoms with van der Waals surface area (Å²) in [4.78, 5) is 19.5. The summed E-state index contributed by atoms with van der Waals surface area (Å²) in [6, 6.07) is 8.74. The van der Waals surface area contributed by atoms with Crippen LogP contribution in [0.2, 0.25) is 0 Å². The number of sulfonamides is 1. The van der Waals surface area contributed by atoms with Crippen molar-refractivity contribution in [2.45, 2.75) is 44.6 Å². The maximum absolute atomic E-state index is 13.0. The van der Waals surface area contributed by atoms with Crippen molar-refractivity contribution in [1.29, 1.82) is 0 Å².